The van der Waals surface area contributed by atoms with E-state index in [9.17, 15) is 9.18 Å². The van der Waals surface area contributed by atoms with E-state index in [1.54, 1.807) is 12.1 Å². The van der Waals surface area contributed by atoms with Crippen LogP contribution in [0, 0.1) is 5.82 Å². The molecule has 0 bridgehead atoms. The van der Waals surface area contributed by atoms with E-state index in [-0.39, 0.29) is 11.4 Å². The molecule has 0 spiro atoms. The molecule has 1 aliphatic rings. The summed E-state index contributed by atoms with van der Waals surface area (Å²) >= 11 is 1.45. The molecule has 1 aliphatic carbocycles. The first-order valence-corrected chi connectivity index (χ1v) is 9.32. The quantitative estimate of drug-likeness (QED) is 0.680. The lowest BCUT2D eigenvalue weighted by atomic mass is 10.2. The minimum atomic E-state index is -0.188. The average Bonchev–Trinajstić information content (AvgIpc) is 3.35. The van der Waals surface area contributed by atoms with Gasteiger partial charge in [-0.2, -0.15) is 9.61 Å². The minimum Gasteiger partial charge on any atom is -0.290 e. The largest absolute Gasteiger partial charge is 0.290 e. The second kappa shape index (κ2) is 6.65. The van der Waals surface area contributed by atoms with Crippen molar-refractivity contribution in [3.63, 3.8) is 0 Å². The van der Waals surface area contributed by atoms with Crippen molar-refractivity contribution in [2.75, 3.05) is 0 Å². The van der Waals surface area contributed by atoms with E-state index >= 15 is 0 Å². The van der Waals surface area contributed by atoms with Gasteiger partial charge < -0.3 is 0 Å². The molecule has 130 valence electrons. The second-order valence-electron chi connectivity index (χ2n) is 6.36. The lowest BCUT2D eigenvalue weighted by molar-refractivity contribution is 0.239. The fraction of sp³-hybridized carbons (Fsp3) is 0.389. The number of aryl methyl sites for hydroxylation is 1. The summed E-state index contributed by atoms with van der Waals surface area (Å²) in [6.07, 6.45) is 3.00. The molecule has 0 atom stereocenters. The molecule has 0 radical (unpaired) electrons. The van der Waals surface area contributed by atoms with E-state index in [0.717, 1.165) is 30.0 Å². The van der Waals surface area contributed by atoms with Crippen molar-refractivity contribution >= 4 is 16.3 Å². The third kappa shape index (κ3) is 3.48. The third-order valence-electron chi connectivity index (χ3n) is 4.40. The minimum absolute atomic E-state index is 0.155. The van der Waals surface area contributed by atoms with Gasteiger partial charge in [-0.05, 0) is 25.3 Å². The first kappa shape index (κ1) is 16.4. The van der Waals surface area contributed by atoms with Gasteiger partial charge >= 0.3 is 0 Å². The summed E-state index contributed by atoms with van der Waals surface area (Å²) in [6.45, 7) is 3.08. The zero-order chi connectivity index (χ0) is 17.4. The fourth-order valence-electron chi connectivity index (χ4n) is 2.93. The highest BCUT2D eigenvalue weighted by Crippen LogP contribution is 2.30. The van der Waals surface area contributed by atoms with Crippen molar-refractivity contribution in [3.05, 3.63) is 62.8 Å². The van der Waals surface area contributed by atoms with Crippen LogP contribution >= 0.6 is 11.3 Å². The van der Waals surface area contributed by atoms with Crippen molar-refractivity contribution in [3.8, 4) is 0 Å². The molecule has 7 heteroatoms. The van der Waals surface area contributed by atoms with Crippen LogP contribution < -0.4 is 5.56 Å². The summed E-state index contributed by atoms with van der Waals surface area (Å²) in [5, 5.41) is 5.17. The highest BCUT2D eigenvalue weighted by Gasteiger charge is 2.30. The Hall–Kier alpha value is -2.12. The molecule has 4 rings (SSSR count). The van der Waals surface area contributed by atoms with Gasteiger partial charge in [0, 0.05) is 30.8 Å². The molecule has 0 N–H and O–H groups in total. The number of fused-ring (bicyclic) bond motifs is 1. The van der Waals surface area contributed by atoms with Crippen LogP contribution in [-0.2, 0) is 19.5 Å². The van der Waals surface area contributed by atoms with E-state index < -0.39 is 0 Å². The number of aromatic nitrogens is 3. The maximum Gasteiger partial charge on any atom is 0.275 e. The van der Waals surface area contributed by atoms with Crippen LogP contribution in [0.2, 0.25) is 0 Å². The van der Waals surface area contributed by atoms with E-state index in [4.69, 9.17) is 0 Å². The maximum atomic E-state index is 14.0. The Kier molecular flexibility index (Phi) is 4.35. The molecule has 0 amide bonds. The Labute approximate surface area is 148 Å². The monoisotopic (exact) mass is 358 g/mol. The first-order valence-electron chi connectivity index (χ1n) is 8.50. The van der Waals surface area contributed by atoms with Gasteiger partial charge in [-0.15, -0.1) is 0 Å². The number of hydrogen-bond donors (Lipinski definition) is 0. The summed E-state index contributed by atoms with van der Waals surface area (Å²) in [5.74, 6) is -0.188. The average molecular weight is 358 g/mol. The van der Waals surface area contributed by atoms with Gasteiger partial charge in [-0.25, -0.2) is 9.37 Å². The molecule has 3 aromatic rings. The van der Waals surface area contributed by atoms with Crippen LogP contribution in [0.1, 0.15) is 36.0 Å². The number of nitrogens with zero attached hydrogens (tertiary/aromatic N) is 4. The Balaban J connectivity index is 1.61. The smallest absolute Gasteiger partial charge is 0.275 e. The molecule has 0 unspecified atom stereocenters. The van der Waals surface area contributed by atoms with Gasteiger partial charge in [-0.1, -0.05) is 36.5 Å². The predicted octanol–water partition coefficient (Wildman–Crippen LogP) is 3.02. The van der Waals surface area contributed by atoms with Gasteiger partial charge in [0.15, 0.2) is 0 Å². The summed E-state index contributed by atoms with van der Waals surface area (Å²) in [6, 6.07) is 8.83. The van der Waals surface area contributed by atoms with Crippen LogP contribution in [0.25, 0.3) is 4.96 Å². The first-order chi connectivity index (χ1) is 12.1. The number of benzene rings is 1. The van der Waals surface area contributed by atoms with E-state index in [1.165, 1.54) is 21.9 Å². The molecule has 5 nitrogen and oxygen atoms in total. The van der Waals surface area contributed by atoms with Crippen molar-refractivity contribution in [1.29, 1.82) is 0 Å². The molecular weight excluding hydrogens is 339 g/mol. The highest BCUT2D eigenvalue weighted by atomic mass is 32.1. The second-order valence-corrected chi connectivity index (χ2v) is 7.40. The van der Waals surface area contributed by atoms with Crippen molar-refractivity contribution in [1.82, 2.24) is 19.5 Å². The lowest BCUT2D eigenvalue weighted by Gasteiger charge is -2.21. The Morgan fingerprint density at radius 2 is 2.12 bits per heavy atom. The lowest BCUT2D eigenvalue weighted by Crippen LogP contribution is -2.27. The number of rotatable bonds is 6. The molecule has 1 saturated carbocycles. The molecule has 2 heterocycles. The van der Waals surface area contributed by atoms with Crippen LogP contribution in [0.15, 0.2) is 35.1 Å². The molecular formula is C18H19FN4OS. The zero-order valence-corrected chi connectivity index (χ0v) is 14.8. The van der Waals surface area contributed by atoms with Gasteiger partial charge in [0.1, 0.15) is 10.8 Å². The van der Waals surface area contributed by atoms with Crippen LogP contribution in [-0.4, -0.2) is 25.5 Å². The van der Waals surface area contributed by atoms with Crippen molar-refractivity contribution < 1.29 is 4.39 Å². The Morgan fingerprint density at radius 1 is 1.32 bits per heavy atom. The van der Waals surface area contributed by atoms with E-state index in [1.807, 2.05) is 19.1 Å². The van der Waals surface area contributed by atoms with E-state index in [0.29, 0.717) is 29.7 Å². The van der Waals surface area contributed by atoms with Crippen LogP contribution in [0.5, 0.6) is 0 Å². The molecule has 0 aliphatic heterocycles. The highest BCUT2D eigenvalue weighted by molar-refractivity contribution is 7.16. The summed E-state index contributed by atoms with van der Waals surface area (Å²) in [5.41, 5.74) is 1.25. The fourth-order valence-corrected chi connectivity index (χ4v) is 3.78. The maximum absolute atomic E-state index is 14.0. The summed E-state index contributed by atoms with van der Waals surface area (Å²) < 4.78 is 15.4. The molecule has 1 fully saturated rings. The molecule has 1 aromatic carbocycles. The SMILES string of the molecule is CCc1nn2c(=O)cc(CN(Cc3ccccc3F)C3CC3)nc2s1. The number of hydrogen-bond acceptors (Lipinski definition) is 5. The summed E-state index contributed by atoms with van der Waals surface area (Å²) in [4.78, 5) is 19.7. The molecule has 25 heavy (non-hydrogen) atoms. The standard InChI is InChI=1S/C18H19FN4OS/c1-2-16-21-23-17(24)9-13(20-18(23)25-16)11-22(14-7-8-14)10-12-5-3-4-6-15(12)19/h3-6,9,14H,2,7-8,10-11H2,1H3. The van der Waals surface area contributed by atoms with Crippen molar-refractivity contribution in [2.24, 2.45) is 0 Å². The van der Waals surface area contributed by atoms with Gasteiger partial charge in [0.25, 0.3) is 5.56 Å². The third-order valence-corrected chi connectivity index (χ3v) is 5.45. The predicted molar refractivity (Wildman–Crippen MR) is 95.2 cm³/mol. The van der Waals surface area contributed by atoms with Crippen LogP contribution in [0.4, 0.5) is 4.39 Å². The van der Waals surface area contributed by atoms with Crippen LogP contribution in [0.3, 0.4) is 0 Å². The topological polar surface area (TPSA) is 50.5 Å². The number of halogens is 1. The van der Waals surface area contributed by atoms with Gasteiger partial charge in [0.05, 0.1) is 5.69 Å². The zero-order valence-electron chi connectivity index (χ0n) is 14.0. The Morgan fingerprint density at radius 3 is 2.84 bits per heavy atom. The normalized spacial score (nSPS) is 14.5. The van der Waals surface area contributed by atoms with Gasteiger partial charge in [-0.3, -0.25) is 9.69 Å². The van der Waals surface area contributed by atoms with Gasteiger partial charge in [0.2, 0.25) is 4.96 Å². The summed E-state index contributed by atoms with van der Waals surface area (Å²) in [7, 11) is 0. The van der Waals surface area contributed by atoms with E-state index in [2.05, 4.69) is 15.0 Å². The molecule has 0 saturated heterocycles. The Bertz CT molecular complexity index is 963. The van der Waals surface area contributed by atoms with Crippen molar-refractivity contribution in [2.45, 2.75) is 45.3 Å². The molecule has 2 aromatic heterocycles.